The Labute approximate surface area is 120 Å². The molecule has 0 saturated heterocycles. The minimum Gasteiger partial charge on any atom is -0.309 e. The van der Waals surface area contributed by atoms with Gasteiger partial charge in [-0.15, -0.1) is 24.0 Å². The monoisotopic (exact) mass is 348 g/mol. The zero-order chi connectivity index (χ0) is 10.7. The third-order valence-electron chi connectivity index (χ3n) is 2.61. The molecule has 4 heteroatoms. The first kappa shape index (κ1) is 13.9. The van der Waals surface area contributed by atoms with Crippen LogP contribution in [0.3, 0.4) is 0 Å². The standard InChI is InChI=1S/C12H16N2S.HI/c1-10-13-8-12(9-14(10)15)7-11-5-3-2-4-6-11;/h2-6,9-10,13,15H,7-8H2,1H3;1H. The van der Waals surface area contributed by atoms with Crippen LogP contribution in [-0.2, 0) is 6.42 Å². The molecule has 16 heavy (non-hydrogen) atoms. The van der Waals surface area contributed by atoms with E-state index < -0.39 is 0 Å². The lowest BCUT2D eigenvalue weighted by atomic mass is 10.1. The van der Waals surface area contributed by atoms with Gasteiger partial charge in [0.15, 0.2) is 0 Å². The summed E-state index contributed by atoms with van der Waals surface area (Å²) >= 11 is 4.38. The fraction of sp³-hybridized carbons (Fsp3) is 0.333. The molecule has 1 heterocycles. The molecule has 1 unspecified atom stereocenters. The summed E-state index contributed by atoms with van der Waals surface area (Å²) in [4.78, 5) is 0. The fourth-order valence-corrected chi connectivity index (χ4v) is 1.93. The number of nitrogens with one attached hydrogen (secondary N) is 1. The Balaban J connectivity index is 0.00000128. The molecule has 1 N–H and O–H groups in total. The Bertz CT molecular complexity index is 353. The summed E-state index contributed by atoms with van der Waals surface area (Å²) in [6.07, 6.45) is 3.43. The van der Waals surface area contributed by atoms with Gasteiger partial charge in [0.25, 0.3) is 0 Å². The second-order valence-corrected chi connectivity index (χ2v) is 4.35. The normalized spacial score (nSPS) is 20.0. The van der Waals surface area contributed by atoms with E-state index in [0.717, 1.165) is 13.0 Å². The van der Waals surface area contributed by atoms with Crippen molar-refractivity contribution in [2.45, 2.75) is 19.5 Å². The van der Waals surface area contributed by atoms with E-state index >= 15 is 0 Å². The number of hydrogen-bond donors (Lipinski definition) is 2. The van der Waals surface area contributed by atoms with Crippen LogP contribution >= 0.6 is 36.8 Å². The summed E-state index contributed by atoms with van der Waals surface area (Å²) in [6, 6.07) is 10.5. The van der Waals surface area contributed by atoms with Gasteiger partial charge in [0, 0.05) is 12.7 Å². The topological polar surface area (TPSA) is 15.3 Å². The van der Waals surface area contributed by atoms with Gasteiger partial charge in [-0.25, -0.2) is 0 Å². The van der Waals surface area contributed by atoms with Crippen LogP contribution < -0.4 is 5.32 Å². The van der Waals surface area contributed by atoms with Crippen LogP contribution in [0.15, 0.2) is 42.1 Å². The van der Waals surface area contributed by atoms with Gasteiger partial charge in [-0.2, -0.15) is 0 Å². The number of rotatable bonds is 2. The van der Waals surface area contributed by atoms with Crippen LogP contribution in [0.1, 0.15) is 12.5 Å². The Morgan fingerprint density at radius 3 is 2.69 bits per heavy atom. The van der Waals surface area contributed by atoms with Crippen LogP contribution in [0.5, 0.6) is 0 Å². The molecule has 2 rings (SSSR count). The third kappa shape index (κ3) is 3.68. The molecule has 1 aromatic rings. The molecule has 0 aromatic heterocycles. The van der Waals surface area contributed by atoms with E-state index in [2.05, 4.69) is 55.5 Å². The molecular weight excluding hydrogens is 331 g/mol. The van der Waals surface area contributed by atoms with Crippen molar-refractivity contribution in [3.8, 4) is 0 Å². The highest BCUT2D eigenvalue weighted by Gasteiger charge is 2.13. The van der Waals surface area contributed by atoms with Gasteiger partial charge in [0.05, 0.1) is 6.17 Å². The van der Waals surface area contributed by atoms with Gasteiger partial charge in [-0.1, -0.05) is 43.1 Å². The second-order valence-electron chi connectivity index (χ2n) is 3.89. The lowest BCUT2D eigenvalue weighted by Crippen LogP contribution is -2.41. The molecule has 0 saturated carbocycles. The number of hydrogen-bond acceptors (Lipinski definition) is 3. The Kier molecular flexibility index (Phi) is 5.64. The molecule has 0 bridgehead atoms. The fourth-order valence-electron chi connectivity index (χ4n) is 1.68. The molecule has 88 valence electrons. The number of halogens is 1. The number of thiol groups is 1. The van der Waals surface area contributed by atoms with E-state index in [1.54, 1.807) is 0 Å². The van der Waals surface area contributed by atoms with Crippen molar-refractivity contribution < 1.29 is 0 Å². The van der Waals surface area contributed by atoms with Gasteiger partial charge in [-0.3, -0.25) is 5.32 Å². The summed E-state index contributed by atoms with van der Waals surface area (Å²) in [5.74, 6) is 0. The van der Waals surface area contributed by atoms with Crippen LogP contribution in [0.2, 0.25) is 0 Å². The number of nitrogens with zero attached hydrogens (tertiary/aromatic N) is 1. The summed E-state index contributed by atoms with van der Waals surface area (Å²) in [5, 5.41) is 3.38. The van der Waals surface area contributed by atoms with Crippen LogP contribution in [-0.4, -0.2) is 17.0 Å². The van der Waals surface area contributed by atoms with Gasteiger partial charge in [0.2, 0.25) is 0 Å². The highest BCUT2D eigenvalue weighted by atomic mass is 127. The first-order valence-electron chi connectivity index (χ1n) is 5.20. The lowest BCUT2D eigenvalue weighted by molar-refractivity contribution is 0.379. The Morgan fingerprint density at radius 2 is 2.06 bits per heavy atom. The van der Waals surface area contributed by atoms with Crippen molar-refractivity contribution in [1.29, 1.82) is 0 Å². The third-order valence-corrected chi connectivity index (χ3v) is 3.07. The van der Waals surface area contributed by atoms with E-state index in [1.807, 2.05) is 10.4 Å². The summed E-state index contributed by atoms with van der Waals surface area (Å²) in [7, 11) is 0. The average Bonchev–Trinajstić information content (AvgIpc) is 2.25. The summed E-state index contributed by atoms with van der Waals surface area (Å²) in [6.45, 7) is 3.05. The van der Waals surface area contributed by atoms with Crippen molar-refractivity contribution in [2.24, 2.45) is 0 Å². The maximum Gasteiger partial charge on any atom is 0.0868 e. The zero-order valence-electron chi connectivity index (χ0n) is 9.26. The highest BCUT2D eigenvalue weighted by Crippen LogP contribution is 2.14. The molecule has 0 radical (unpaired) electrons. The first-order valence-corrected chi connectivity index (χ1v) is 5.60. The van der Waals surface area contributed by atoms with Crippen molar-refractivity contribution >= 4 is 36.8 Å². The average molecular weight is 348 g/mol. The molecule has 1 atom stereocenters. The maximum absolute atomic E-state index is 4.38. The second kappa shape index (κ2) is 6.51. The van der Waals surface area contributed by atoms with E-state index in [-0.39, 0.29) is 24.0 Å². The molecule has 2 nitrogen and oxygen atoms in total. The minimum absolute atomic E-state index is 0. The highest BCUT2D eigenvalue weighted by molar-refractivity contribution is 14.0. The molecule has 0 aliphatic carbocycles. The summed E-state index contributed by atoms with van der Waals surface area (Å²) in [5.41, 5.74) is 2.72. The Morgan fingerprint density at radius 1 is 1.38 bits per heavy atom. The van der Waals surface area contributed by atoms with Crippen molar-refractivity contribution in [3.05, 3.63) is 47.7 Å². The quantitative estimate of drug-likeness (QED) is 0.631. The van der Waals surface area contributed by atoms with Crippen molar-refractivity contribution in [1.82, 2.24) is 9.62 Å². The first-order chi connectivity index (χ1) is 7.25. The van der Waals surface area contributed by atoms with Gasteiger partial charge in [-0.05, 0) is 24.5 Å². The largest absolute Gasteiger partial charge is 0.309 e. The van der Waals surface area contributed by atoms with Gasteiger partial charge in [0.1, 0.15) is 0 Å². The van der Waals surface area contributed by atoms with E-state index in [1.165, 1.54) is 11.1 Å². The molecule has 0 spiro atoms. The molecule has 0 amide bonds. The SMILES string of the molecule is CC1NCC(Cc2ccccc2)=CN1S.I. The summed E-state index contributed by atoms with van der Waals surface area (Å²) < 4.78 is 1.92. The van der Waals surface area contributed by atoms with Gasteiger partial charge < -0.3 is 4.31 Å². The molecule has 1 aromatic carbocycles. The van der Waals surface area contributed by atoms with Crippen molar-refractivity contribution in [3.63, 3.8) is 0 Å². The molecule has 1 aliphatic heterocycles. The minimum atomic E-state index is 0. The molecule has 1 aliphatic rings. The van der Waals surface area contributed by atoms with Crippen LogP contribution in [0, 0.1) is 0 Å². The van der Waals surface area contributed by atoms with E-state index in [4.69, 9.17) is 0 Å². The predicted octanol–water partition coefficient (Wildman–Crippen LogP) is 2.83. The predicted molar refractivity (Wildman–Crippen MR) is 81.9 cm³/mol. The van der Waals surface area contributed by atoms with Gasteiger partial charge >= 0.3 is 0 Å². The lowest BCUT2D eigenvalue weighted by Gasteiger charge is -2.29. The van der Waals surface area contributed by atoms with E-state index in [9.17, 15) is 0 Å². The van der Waals surface area contributed by atoms with E-state index in [0.29, 0.717) is 6.17 Å². The zero-order valence-corrected chi connectivity index (χ0v) is 12.5. The van der Waals surface area contributed by atoms with Crippen molar-refractivity contribution in [2.75, 3.05) is 6.54 Å². The molecule has 0 fully saturated rings. The van der Waals surface area contributed by atoms with Crippen LogP contribution in [0.25, 0.3) is 0 Å². The molecular formula is C12H17IN2S. The smallest absolute Gasteiger partial charge is 0.0868 e. The maximum atomic E-state index is 4.38. The Hall–Kier alpha value is -0.200. The van der Waals surface area contributed by atoms with Crippen LogP contribution in [0.4, 0.5) is 0 Å². The number of benzene rings is 1.